The summed E-state index contributed by atoms with van der Waals surface area (Å²) in [6.45, 7) is -0.132. The minimum atomic E-state index is -1.23. The van der Waals surface area contributed by atoms with Gasteiger partial charge in [0.05, 0.1) is 12.9 Å². The fraction of sp³-hybridized carbons (Fsp3) is 0.600. The number of nitrogens with one attached hydrogen (secondary N) is 1. The van der Waals surface area contributed by atoms with Gasteiger partial charge in [-0.15, -0.1) is 0 Å². The number of nitrogens with zero attached hydrogens (tertiary/aromatic N) is 3. The average Bonchev–Trinajstić information content (AvgIpc) is 3.00. The average molecular weight is 330 g/mol. The summed E-state index contributed by atoms with van der Waals surface area (Å²) < 4.78 is 22.0. The molecule has 1 saturated heterocycles. The number of aliphatic hydroxyl groups is 2. The molecular weight excluding hydrogens is 315 g/mol. The van der Waals surface area contributed by atoms with Gasteiger partial charge in [-0.2, -0.15) is 0 Å². The van der Waals surface area contributed by atoms with Gasteiger partial charge in [0.25, 0.3) is 0 Å². The van der Waals surface area contributed by atoms with Crippen molar-refractivity contribution in [1.29, 1.82) is 0 Å². The molecule has 1 aromatic rings. The normalized spacial score (nSPS) is 34.3. The number of hydrogen-bond donors (Lipinski definition) is 5. The number of aromatic nitrogens is 2. The van der Waals surface area contributed by atoms with Crippen molar-refractivity contribution in [1.82, 2.24) is 9.55 Å². The van der Waals surface area contributed by atoms with Crippen molar-refractivity contribution >= 4 is 20.5 Å². The number of rotatable bonds is 4. The second-order valence-corrected chi connectivity index (χ2v) is 5.29. The van der Waals surface area contributed by atoms with Gasteiger partial charge >= 0.3 is 8.69 Å². The molecule has 0 radical (unpaired) electrons. The second kappa shape index (κ2) is 5.88. The molecule has 12 heteroatoms. The maximum Gasteiger partial charge on any atom is 0.327 e. The smallest absolute Gasteiger partial charge is 0.327 e. The first-order valence-electron chi connectivity index (χ1n) is 6.41. The Hall–Kier alpha value is -1.62. The van der Waals surface area contributed by atoms with Crippen molar-refractivity contribution in [3.63, 3.8) is 0 Å². The minimum Gasteiger partial charge on any atom is -0.387 e. The zero-order chi connectivity index (χ0) is 15.9. The number of aliphatic hydroxyl groups excluding tert-OH is 2. The predicted octanol–water partition coefficient (Wildman–Crippen LogP) is -1.58. The van der Waals surface area contributed by atoms with Crippen LogP contribution in [0.15, 0.2) is 11.3 Å². The lowest BCUT2D eigenvalue weighted by Gasteiger charge is -2.22. The van der Waals surface area contributed by atoms with Crippen molar-refractivity contribution in [3.8, 4) is 0 Å². The Labute approximate surface area is 126 Å². The van der Waals surface area contributed by atoms with Crippen LogP contribution in [-0.4, -0.2) is 50.6 Å². The molecule has 120 valence electrons. The molecule has 1 fully saturated rings. The highest BCUT2D eigenvalue weighted by atomic mass is 31.1. The van der Waals surface area contributed by atoms with Crippen LogP contribution < -0.4 is 16.8 Å². The lowest BCUT2D eigenvalue weighted by atomic mass is 10.1. The van der Waals surface area contributed by atoms with E-state index in [2.05, 4.69) is 19.8 Å². The molecule has 11 nitrogen and oxygen atoms in total. The van der Waals surface area contributed by atoms with E-state index in [9.17, 15) is 14.8 Å². The molecule has 0 amide bonds. The van der Waals surface area contributed by atoms with Gasteiger partial charge in [0.2, 0.25) is 0 Å². The van der Waals surface area contributed by atoms with Gasteiger partial charge in [-0.3, -0.25) is 9.09 Å². The van der Waals surface area contributed by atoms with Gasteiger partial charge in [-0.1, -0.05) is 0 Å². The van der Waals surface area contributed by atoms with Crippen LogP contribution in [0.3, 0.4) is 0 Å². The number of hydrogen-bond acceptors (Lipinski definition) is 10. The number of guanidine groups is 1. The first kappa shape index (κ1) is 15.3. The van der Waals surface area contributed by atoms with Gasteiger partial charge in [0, 0.05) is 0 Å². The minimum absolute atomic E-state index is 0.111. The Balaban J connectivity index is 1.85. The third-order valence-corrected chi connectivity index (χ3v) is 3.78. The van der Waals surface area contributed by atoms with Crippen LogP contribution in [0.2, 0.25) is 0 Å². The standard InChI is InChI=1S/C10H15N6O5P/c11-7-4-8(15-10(12)14-7)16(2-13-4)9-6(18)5(17)3(21-9)1-20-22-19/h2-3,5-7,9,17-18H,1,11H2,(H3,12,14,15)/t3-,5+,6?,7?,9-/m1/s1. The highest BCUT2D eigenvalue weighted by Crippen LogP contribution is 2.35. The second-order valence-electron chi connectivity index (χ2n) is 4.89. The van der Waals surface area contributed by atoms with Crippen LogP contribution in [0.1, 0.15) is 18.1 Å². The maximum absolute atomic E-state index is 10.3. The molecule has 0 aliphatic carbocycles. The van der Waals surface area contributed by atoms with Crippen molar-refractivity contribution in [3.05, 3.63) is 12.0 Å². The van der Waals surface area contributed by atoms with E-state index >= 15 is 0 Å². The van der Waals surface area contributed by atoms with Gasteiger partial charge < -0.3 is 31.7 Å². The van der Waals surface area contributed by atoms with Crippen LogP contribution in [0.25, 0.3) is 0 Å². The monoisotopic (exact) mass is 330 g/mol. The molecule has 22 heavy (non-hydrogen) atoms. The highest BCUT2D eigenvalue weighted by molar-refractivity contribution is 7.17. The van der Waals surface area contributed by atoms with Gasteiger partial charge in [0.1, 0.15) is 36.0 Å². The first-order chi connectivity index (χ1) is 10.5. The lowest BCUT2D eigenvalue weighted by Crippen LogP contribution is -2.34. The predicted molar refractivity (Wildman–Crippen MR) is 73.9 cm³/mol. The van der Waals surface area contributed by atoms with Crippen molar-refractivity contribution < 1.29 is 24.0 Å². The largest absolute Gasteiger partial charge is 0.387 e. The third-order valence-electron chi connectivity index (χ3n) is 3.53. The van der Waals surface area contributed by atoms with Crippen LogP contribution in [0.4, 0.5) is 5.82 Å². The molecule has 3 rings (SSSR count). The summed E-state index contributed by atoms with van der Waals surface area (Å²) in [5, 5.41) is 22.9. The van der Waals surface area contributed by atoms with E-state index in [1.165, 1.54) is 10.9 Å². The van der Waals surface area contributed by atoms with Crippen molar-refractivity contribution in [2.45, 2.75) is 30.7 Å². The number of aliphatic imine (C=N–C) groups is 1. The Morgan fingerprint density at radius 3 is 3.00 bits per heavy atom. The Morgan fingerprint density at radius 1 is 1.50 bits per heavy atom. The van der Waals surface area contributed by atoms with Gasteiger partial charge in [-0.05, 0) is 0 Å². The zero-order valence-corrected chi connectivity index (χ0v) is 12.1. The molecule has 0 spiro atoms. The SMILES string of the molecule is NC1=NC(N)c2ncn([C@@H]3O[C@H](COP=O)[C@H](O)C3O)c2N1. The van der Waals surface area contributed by atoms with E-state index in [1.54, 1.807) is 0 Å². The van der Waals surface area contributed by atoms with Gasteiger partial charge in [0.15, 0.2) is 12.2 Å². The quantitative estimate of drug-likeness (QED) is 0.409. The zero-order valence-electron chi connectivity index (χ0n) is 11.2. The summed E-state index contributed by atoms with van der Waals surface area (Å²) >= 11 is 0. The van der Waals surface area contributed by atoms with Crippen LogP contribution >= 0.6 is 8.69 Å². The number of imidazole rings is 1. The fourth-order valence-corrected chi connectivity index (χ4v) is 2.69. The molecule has 3 heterocycles. The number of ether oxygens (including phenoxy) is 1. The van der Waals surface area contributed by atoms with E-state index < -0.39 is 39.4 Å². The summed E-state index contributed by atoms with van der Waals surface area (Å²) in [6.07, 6.45) is -3.50. The van der Waals surface area contributed by atoms with E-state index in [-0.39, 0.29) is 12.6 Å². The van der Waals surface area contributed by atoms with E-state index in [0.29, 0.717) is 11.5 Å². The molecule has 2 aliphatic rings. The van der Waals surface area contributed by atoms with Crippen molar-refractivity contribution in [2.24, 2.45) is 16.5 Å². The number of nitrogens with two attached hydrogens (primary N) is 2. The molecule has 2 aliphatic heterocycles. The summed E-state index contributed by atoms with van der Waals surface area (Å²) in [5.74, 6) is 0.541. The van der Waals surface area contributed by atoms with E-state index in [4.69, 9.17) is 16.2 Å². The van der Waals surface area contributed by atoms with Crippen molar-refractivity contribution in [2.75, 3.05) is 11.9 Å². The Bertz CT molecular complexity index is 609. The summed E-state index contributed by atoms with van der Waals surface area (Å²) in [6, 6.07) is 0. The molecule has 0 bridgehead atoms. The highest BCUT2D eigenvalue weighted by Gasteiger charge is 2.45. The molecular formula is C10H15N6O5P. The third kappa shape index (κ3) is 2.47. The van der Waals surface area contributed by atoms with E-state index in [0.717, 1.165) is 0 Å². The Kier molecular flexibility index (Phi) is 4.08. The van der Waals surface area contributed by atoms with Crippen LogP contribution in [0, 0.1) is 0 Å². The lowest BCUT2D eigenvalue weighted by molar-refractivity contribution is -0.0469. The molecule has 0 aromatic carbocycles. The number of fused-ring (bicyclic) bond motifs is 1. The number of anilines is 1. The fourth-order valence-electron chi connectivity index (χ4n) is 2.48. The topological polar surface area (TPSA) is 170 Å². The molecule has 1 aromatic heterocycles. The molecule has 0 saturated carbocycles. The Morgan fingerprint density at radius 2 is 2.27 bits per heavy atom. The summed E-state index contributed by atoms with van der Waals surface area (Å²) in [7, 11) is -0.532. The summed E-state index contributed by atoms with van der Waals surface area (Å²) in [4.78, 5) is 8.05. The van der Waals surface area contributed by atoms with Gasteiger partial charge in [-0.25, -0.2) is 14.5 Å². The molecule has 5 atom stereocenters. The first-order valence-corrected chi connectivity index (χ1v) is 7.14. The molecule has 2 unspecified atom stereocenters. The van der Waals surface area contributed by atoms with E-state index in [1.807, 2.05) is 0 Å². The summed E-state index contributed by atoms with van der Waals surface area (Å²) in [5.41, 5.74) is 11.9. The molecule has 7 N–H and O–H groups in total. The van der Waals surface area contributed by atoms with Crippen LogP contribution in [-0.2, 0) is 13.8 Å². The maximum atomic E-state index is 10.3. The van der Waals surface area contributed by atoms with Crippen LogP contribution in [0.5, 0.6) is 0 Å².